The van der Waals surface area contributed by atoms with Gasteiger partial charge in [-0.25, -0.2) is 9.78 Å². The quantitative estimate of drug-likeness (QED) is 0.301. The third kappa shape index (κ3) is 9.05. The Bertz CT molecular complexity index is 959. The summed E-state index contributed by atoms with van der Waals surface area (Å²) in [4.78, 5) is 56.2. The van der Waals surface area contributed by atoms with Gasteiger partial charge in [0.05, 0.1) is 26.9 Å². The molecule has 12 nitrogen and oxygen atoms in total. The SMILES string of the molecule is COC(=O)[C@H](COC(C)=O)NC(=O)[C@H](CO[Si](C)(C)C(C)(C)C)NC(=O)c1csc(N2CCOCC2)n1. The molecule has 2 amide bonds. The summed E-state index contributed by atoms with van der Waals surface area (Å²) in [6.45, 7) is 13.4. The van der Waals surface area contributed by atoms with Gasteiger partial charge in [0.15, 0.2) is 19.5 Å². The smallest absolute Gasteiger partial charge is 0.331 e. The van der Waals surface area contributed by atoms with Crippen LogP contribution in [0.3, 0.4) is 0 Å². The second kappa shape index (κ2) is 13.3. The predicted octanol–water partition coefficient (Wildman–Crippen LogP) is 1.32. The molecule has 37 heavy (non-hydrogen) atoms. The van der Waals surface area contributed by atoms with E-state index in [-0.39, 0.29) is 17.3 Å². The second-order valence-corrected chi connectivity index (χ2v) is 15.7. The number of ether oxygens (including phenoxy) is 3. The molecule has 2 rings (SSSR count). The first-order chi connectivity index (χ1) is 17.2. The maximum Gasteiger partial charge on any atom is 0.331 e. The Labute approximate surface area is 222 Å². The van der Waals surface area contributed by atoms with Gasteiger partial charge < -0.3 is 34.2 Å². The Morgan fingerprint density at radius 2 is 1.78 bits per heavy atom. The highest BCUT2D eigenvalue weighted by Gasteiger charge is 2.39. The summed E-state index contributed by atoms with van der Waals surface area (Å²) in [6, 6.07) is -2.39. The maximum atomic E-state index is 13.2. The van der Waals surface area contributed by atoms with Crippen LogP contribution in [0.5, 0.6) is 0 Å². The number of hydrogen-bond acceptors (Lipinski definition) is 11. The first-order valence-electron chi connectivity index (χ1n) is 12.0. The summed E-state index contributed by atoms with van der Waals surface area (Å²) in [5, 5.41) is 7.38. The molecule has 0 bridgehead atoms. The van der Waals surface area contributed by atoms with Crippen LogP contribution in [0.1, 0.15) is 38.2 Å². The highest BCUT2D eigenvalue weighted by Crippen LogP contribution is 2.36. The zero-order valence-electron chi connectivity index (χ0n) is 22.5. The van der Waals surface area contributed by atoms with Crippen molar-refractivity contribution in [3.63, 3.8) is 0 Å². The number of rotatable bonds is 11. The van der Waals surface area contributed by atoms with Crippen LogP contribution in [0.25, 0.3) is 0 Å². The topological polar surface area (TPSA) is 145 Å². The van der Waals surface area contributed by atoms with Gasteiger partial charge in [0.2, 0.25) is 5.91 Å². The fourth-order valence-electron chi connectivity index (χ4n) is 2.98. The van der Waals surface area contributed by atoms with Crippen LogP contribution in [0.2, 0.25) is 18.1 Å². The van der Waals surface area contributed by atoms with E-state index in [1.165, 1.54) is 18.3 Å². The molecule has 0 radical (unpaired) electrons. The molecule has 0 aliphatic carbocycles. The minimum Gasteiger partial charge on any atom is -0.467 e. The average molecular weight is 559 g/mol. The zero-order valence-corrected chi connectivity index (χ0v) is 24.4. The van der Waals surface area contributed by atoms with Gasteiger partial charge in [-0.15, -0.1) is 11.3 Å². The van der Waals surface area contributed by atoms with Crippen LogP contribution in [0, 0.1) is 0 Å². The number of carbonyl (C=O) groups excluding carboxylic acids is 4. The molecule has 1 fully saturated rings. The average Bonchev–Trinajstić information content (AvgIpc) is 3.34. The van der Waals surface area contributed by atoms with Crippen LogP contribution in [0.15, 0.2) is 5.38 Å². The molecule has 0 unspecified atom stereocenters. The Morgan fingerprint density at radius 3 is 2.35 bits per heavy atom. The highest BCUT2D eigenvalue weighted by molar-refractivity contribution is 7.13. The van der Waals surface area contributed by atoms with Crippen LogP contribution in [0.4, 0.5) is 5.13 Å². The summed E-state index contributed by atoms with van der Waals surface area (Å²) >= 11 is 1.33. The van der Waals surface area contributed by atoms with Crippen LogP contribution in [-0.2, 0) is 33.0 Å². The van der Waals surface area contributed by atoms with E-state index in [4.69, 9.17) is 18.6 Å². The van der Waals surface area contributed by atoms with Gasteiger partial charge >= 0.3 is 11.9 Å². The lowest BCUT2D eigenvalue weighted by Gasteiger charge is -2.37. The molecule has 14 heteroatoms. The van der Waals surface area contributed by atoms with Gasteiger partial charge in [-0.05, 0) is 18.1 Å². The van der Waals surface area contributed by atoms with Gasteiger partial charge in [0, 0.05) is 25.4 Å². The normalized spacial score (nSPS) is 15.9. The molecule has 0 aromatic carbocycles. The summed E-state index contributed by atoms with van der Waals surface area (Å²) in [5.41, 5.74) is 0.168. The molecule has 0 spiro atoms. The van der Waals surface area contributed by atoms with Crippen LogP contribution in [-0.4, -0.2) is 95.8 Å². The lowest BCUT2D eigenvalue weighted by molar-refractivity contribution is -0.151. The molecule has 1 aromatic heterocycles. The van der Waals surface area contributed by atoms with E-state index in [2.05, 4.69) is 36.4 Å². The number of amides is 2. The second-order valence-electron chi connectivity index (χ2n) is 10.1. The molecule has 208 valence electrons. The molecule has 1 aliphatic heterocycles. The zero-order chi connectivity index (χ0) is 27.8. The molecule has 1 aliphatic rings. The lowest BCUT2D eigenvalue weighted by atomic mass is 10.2. The van der Waals surface area contributed by atoms with Gasteiger partial charge in [0.25, 0.3) is 5.91 Å². The molecule has 0 saturated carbocycles. The Morgan fingerprint density at radius 1 is 1.14 bits per heavy atom. The van der Waals surface area contributed by atoms with E-state index in [1.807, 2.05) is 18.0 Å². The number of nitrogens with one attached hydrogen (secondary N) is 2. The van der Waals surface area contributed by atoms with Crippen molar-refractivity contribution in [2.75, 3.05) is 51.5 Å². The summed E-state index contributed by atoms with van der Waals surface area (Å²) < 4.78 is 21.2. The Kier molecular flexibility index (Phi) is 11.0. The molecule has 2 heterocycles. The van der Waals surface area contributed by atoms with Crippen LogP contribution >= 0.6 is 11.3 Å². The fourth-order valence-corrected chi connectivity index (χ4v) is 4.85. The van der Waals surface area contributed by atoms with Crippen molar-refractivity contribution in [1.82, 2.24) is 15.6 Å². The first kappa shape index (κ1) is 30.7. The summed E-state index contributed by atoms with van der Waals surface area (Å²) in [5.74, 6) is -2.64. The molecule has 2 atom stereocenters. The molecular weight excluding hydrogens is 520 g/mol. The van der Waals surface area contributed by atoms with E-state index >= 15 is 0 Å². The predicted molar refractivity (Wildman–Crippen MR) is 140 cm³/mol. The fraction of sp³-hybridized carbons (Fsp3) is 0.696. The van der Waals surface area contributed by atoms with Gasteiger partial charge in [-0.1, -0.05) is 20.8 Å². The van der Waals surface area contributed by atoms with Crippen molar-refractivity contribution in [2.45, 2.75) is 57.9 Å². The highest BCUT2D eigenvalue weighted by atomic mass is 32.1. The van der Waals surface area contributed by atoms with E-state index < -0.39 is 50.8 Å². The number of hydrogen-bond donors (Lipinski definition) is 2. The lowest BCUT2D eigenvalue weighted by Crippen LogP contribution is -2.56. The van der Waals surface area contributed by atoms with Crippen molar-refractivity contribution in [3.05, 3.63) is 11.1 Å². The summed E-state index contributed by atoms with van der Waals surface area (Å²) in [7, 11) is -1.13. The maximum absolute atomic E-state index is 13.2. The molecular formula is C23H38N4O8SSi. The number of esters is 2. The van der Waals surface area contributed by atoms with Crippen molar-refractivity contribution < 1.29 is 37.8 Å². The van der Waals surface area contributed by atoms with Crippen LogP contribution < -0.4 is 15.5 Å². The van der Waals surface area contributed by atoms with E-state index in [0.29, 0.717) is 31.4 Å². The third-order valence-corrected chi connectivity index (χ3v) is 11.7. The van der Waals surface area contributed by atoms with E-state index in [0.717, 1.165) is 7.11 Å². The van der Waals surface area contributed by atoms with Crippen molar-refractivity contribution in [2.24, 2.45) is 0 Å². The minimum atomic E-state index is -2.29. The Balaban J connectivity index is 2.19. The number of carbonyl (C=O) groups is 4. The number of anilines is 1. The molecule has 2 N–H and O–H groups in total. The number of thiazole rings is 1. The van der Waals surface area contributed by atoms with E-state index in [1.54, 1.807) is 5.38 Å². The molecule has 1 aromatic rings. The number of aromatic nitrogens is 1. The summed E-state index contributed by atoms with van der Waals surface area (Å²) in [6.07, 6.45) is 0. The van der Waals surface area contributed by atoms with Crippen molar-refractivity contribution >= 4 is 48.5 Å². The Hall–Kier alpha value is -2.55. The van der Waals surface area contributed by atoms with Crippen molar-refractivity contribution in [1.29, 1.82) is 0 Å². The monoisotopic (exact) mass is 558 g/mol. The molecule has 1 saturated heterocycles. The first-order valence-corrected chi connectivity index (χ1v) is 15.8. The standard InChI is InChI=1S/C23H38N4O8SSi/c1-15(28)34-12-17(21(31)32-5)25-19(29)16(13-35-37(6,7)23(2,3)4)24-20(30)18-14-36-22(26-18)27-8-10-33-11-9-27/h14,16-17H,8-13H2,1-7H3,(H,24,30)(H,25,29)/t16-,17-/m0/s1. The van der Waals surface area contributed by atoms with Gasteiger partial charge in [-0.2, -0.15) is 0 Å². The van der Waals surface area contributed by atoms with Gasteiger partial charge in [-0.3, -0.25) is 14.4 Å². The minimum absolute atomic E-state index is 0.115. The third-order valence-electron chi connectivity index (χ3n) is 6.30. The van der Waals surface area contributed by atoms with Crippen molar-refractivity contribution in [3.8, 4) is 0 Å². The number of nitrogens with zero attached hydrogens (tertiary/aromatic N) is 2. The number of methoxy groups -OCH3 is 1. The largest absolute Gasteiger partial charge is 0.467 e. The van der Waals surface area contributed by atoms with Gasteiger partial charge in [0.1, 0.15) is 18.3 Å². The number of morpholine rings is 1. The van der Waals surface area contributed by atoms with E-state index in [9.17, 15) is 19.2 Å².